The van der Waals surface area contributed by atoms with Crippen molar-refractivity contribution < 1.29 is 18.1 Å². The summed E-state index contributed by atoms with van der Waals surface area (Å²) in [6, 6.07) is 0. The van der Waals surface area contributed by atoms with Crippen molar-refractivity contribution in [1.29, 1.82) is 0 Å². The molecular formula is C5H4F3N3O2. The number of nitro groups is 1. The monoisotopic (exact) mass is 195 g/mol. The van der Waals surface area contributed by atoms with E-state index in [1.807, 2.05) is 0 Å². The van der Waals surface area contributed by atoms with Crippen LogP contribution in [0.3, 0.4) is 0 Å². The fourth-order valence-corrected chi connectivity index (χ4v) is 0.802. The molecule has 0 amide bonds. The van der Waals surface area contributed by atoms with Crippen LogP contribution in [0.15, 0.2) is 6.20 Å². The molecule has 72 valence electrons. The molecule has 0 bridgehead atoms. The predicted octanol–water partition coefficient (Wildman–Crippen LogP) is 1.35. The molecule has 0 atom stereocenters. The van der Waals surface area contributed by atoms with E-state index in [9.17, 15) is 23.3 Å². The Kier molecular flexibility index (Phi) is 1.98. The SMILES string of the molecule is Cn1cc([N+](=O)[O-])nc1C(F)(F)F. The molecule has 0 N–H and O–H groups in total. The highest BCUT2D eigenvalue weighted by Crippen LogP contribution is 2.29. The molecule has 5 nitrogen and oxygen atoms in total. The van der Waals surface area contributed by atoms with Gasteiger partial charge in [0.15, 0.2) is 0 Å². The normalized spacial score (nSPS) is 11.7. The lowest BCUT2D eigenvalue weighted by Crippen LogP contribution is -2.12. The summed E-state index contributed by atoms with van der Waals surface area (Å²) in [6.07, 6.45) is -3.95. The highest BCUT2D eigenvalue weighted by atomic mass is 19.4. The fourth-order valence-electron chi connectivity index (χ4n) is 0.802. The molecule has 1 rings (SSSR count). The zero-order chi connectivity index (χ0) is 10.2. The summed E-state index contributed by atoms with van der Waals surface area (Å²) >= 11 is 0. The van der Waals surface area contributed by atoms with E-state index in [-0.39, 0.29) is 0 Å². The Morgan fingerprint density at radius 1 is 1.62 bits per heavy atom. The number of hydrogen-bond donors (Lipinski definition) is 0. The van der Waals surface area contributed by atoms with E-state index in [4.69, 9.17) is 0 Å². The Labute approximate surface area is 69.9 Å². The van der Waals surface area contributed by atoms with Crippen molar-refractivity contribution in [1.82, 2.24) is 9.55 Å². The summed E-state index contributed by atoms with van der Waals surface area (Å²) in [6.45, 7) is 0. The standard InChI is InChI=1S/C5H4F3N3O2/c1-10-2-3(11(12)13)9-4(10)5(6,7)8/h2H,1H3. The van der Waals surface area contributed by atoms with Gasteiger partial charge in [0, 0.05) is 7.05 Å². The molecule has 0 spiro atoms. The van der Waals surface area contributed by atoms with Gasteiger partial charge in [-0.3, -0.25) is 0 Å². The van der Waals surface area contributed by atoms with Gasteiger partial charge in [-0.25, -0.2) is 0 Å². The first-order valence-corrected chi connectivity index (χ1v) is 3.07. The minimum Gasteiger partial charge on any atom is -0.358 e. The molecule has 0 aliphatic heterocycles. The van der Waals surface area contributed by atoms with Gasteiger partial charge >= 0.3 is 17.8 Å². The molecular weight excluding hydrogens is 191 g/mol. The Morgan fingerprint density at radius 3 is 2.38 bits per heavy atom. The summed E-state index contributed by atoms with van der Waals surface area (Å²) < 4.78 is 36.6. The third kappa shape index (κ3) is 1.76. The van der Waals surface area contributed by atoms with Crippen LogP contribution in [-0.2, 0) is 13.2 Å². The van der Waals surface area contributed by atoms with Crippen LogP contribution < -0.4 is 0 Å². The van der Waals surface area contributed by atoms with Crippen LogP contribution in [0, 0.1) is 10.1 Å². The highest BCUT2D eigenvalue weighted by Gasteiger charge is 2.42. The van der Waals surface area contributed by atoms with Crippen molar-refractivity contribution in [3.63, 3.8) is 0 Å². The maximum atomic E-state index is 12.0. The number of alkyl halides is 3. The Morgan fingerprint density at radius 2 is 2.15 bits per heavy atom. The summed E-state index contributed by atoms with van der Waals surface area (Å²) in [5, 5.41) is 10.1. The Hall–Kier alpha value is -1.60. The second-order valence-electron chi connectivity index (χ2n) is 2.29. The van der Waals surface area contributed by atoms with Gasteiger partial charge in [-0.15, -0.1) is 0 Å². The lowest BCUT2D eigenvalue weighted by Gasteiger charge is -1.99. The quantitative estimate of drug-likeness (QED) is 0.501. The molecule has 0 unspecified atom stereocenters. The number of rotatable bonds is 1. The number of halogens is 3. The van der Waals surface area contributed by atoms with E-state index in [1.165, 1.54) is 0 Å². The van der Waals surface area contributed by atoms with Gasteiger partial charge in [0.1, 0.15) is 6.20 Å². The van der Waals surface area contributed by atoms with Gasteiger partial charge in [-0.05, 0) is 9.91 Å². The third-order valence-corrected chi connectivity index (χ3v) is 1.30. The van der Waals surface area contributed by atoms with E-state index >= 15 is 0 Å². The van der Waals surface area contributed by atoms with Crippen LogP contribution in [0.2, 0.25) is 0 Å². The molecule has 0 saturated heterocycles. The van der Waals surface area contributed by atoms with Gasteiger partial charge in [0.2, 0.25) is 0 Å². The van der Waals surface area contributed by atoms with Crippen LogP contribution >= 0.6 is 0 Å². The van der Waals surface area contributed by atoms with Gasteiger partial charge in [-0.1, -0.05) is 0 Å². The predicted molar refractivity (Wildman–Crippen MR) is 34.9 cm³/mol. The number of nitrogens with zero attached hydrogens (tertiary/aromatic N) is 3. The summed E-state index contributed by atoms with van der Waals surface area (Å²) in [4.78, 5) is 11.9. The first kappa shape index (κ1) is 9.49. The topological polar surface area (TPSA) is 61.0 Å². The van der Waals surface area contributed by atoms with Gasteiger partial charge in [0.05, 0.1) is 0 Å². The number of imidazole rings is 1. The first-order chi connectivity index (χ1) is 5.82. The Balaban J connectivity index is 3.18. The van der Waals surface area contributed by atoms with Crippen LogP contribution in [0.1, 0.15) is 5.82 Å². The van der Waals surface area contributed by atoms with Crippen molar-refractivity contribution in [2.75, 3.05) is 0 Å². The first-order valence-electron chi connectivity index (χ1n) is 3.07. The van der Waals surface area contributed by atoms with Crippen LogP contribution in [0.4, 0.5) is 19.0 Å². The van der Waals surface area contributed by atoms with E-state index in [0.29, 0.717) is 10.8 Å². The second-order valence-corrected chi connectivity index (χ2v) is 2.29. The number of aryl methyl sites for hydroxylation is 1. The van der Waals surface area contributed by atoms with E-state index in [1.54, 1.807) is 0 Å². The molecule has 1 aromatic rings. The summed E-state index contributed by atoms with van der Waals surface area (Å²) in [7, 11) is 1.04. The van der Waals surface area contributed by atoms with E-state index in [2.05, 4.69) is 4.98 Å². The minimum absolute atomic E-state index is 0.568. The third-order valence-electron chi connectivity index (χ3n) is 1.30. The summed E-state index contributed by atoms with van der Waals surface area (Å²) in [5.74, 6) is -2.09. The van der Waals surface area contributed by atoms with Crippen LogP contribution in [-0.4, -0.2) is 14.5 Å². The summed E-state index contributed by atoms with van der Waals surface area (Å²) in [5.41, 5.74) is 0. The van der Waals surface area contributed by atoms with Crippen molar-refractivity contribution >= 4 is 5.82 Å². The Bertz CT molecular complexity index is 343. The zero-order valence-corrected chi connectivity index (χ0v) is 6.37. The molecule has 0 radical (unpaired) electrons. The number of hydrogen-bond acceptors (Lipinski definition) is 3. The molecule has 1 aromatic heterocycles. The molecule has 0 aliphatic carbocycles. The van der Waals surface area contributed by atoms with Crippen molar-refractivity contribution in [3.8, 4) is 0 Å². The number of aromatic nitrogens is 2. The largest absolute Gasteiger partial charge is 0.475 e. The van der Waals surface area contributed by atoms with Crippen molar-refractivity contribution in [2.24, 2.45) is 7.05 Å². The fraction of sp³-hybridized carbons (Fsp3) is 0.400. The maximum Gasteiger partial charge on any atom is 0.475 e. The van der Waals surface area contributed by atoms with Gasteiger partial charge in [0.25, 0.3) is 0 Å². The van der Waals surface area contributed by atoms with Crippen molar-refractivity contribution in [2.45, 2.75) is 6.18 Å². The molecule has 0 fully saturated rings. The second kappa shape index (κ2) is 2.71. The average Bonchev–Trinajstić information content (AvgIpc) is 2.29. The van der Waals surface area contributed by atoms with Crippen LogP contribution in [0.25, 0.3) is 0 Å². The molecule has 0 aromatic carbocycles. The maximum absolute atomic E-state index is 12.0. The van der Waals surface area contributed by atoms with E-state index in [0.717, 1.165) is 7.05 Å². The molecule has 0 saturated carbocycles. The zero-order valence-electron chi connectivity index (χ0n) is 6.37. The molecule has 13 heavy (non-hydrogen) atoms. The highest BCUT2D eigenvalue weighted by molar-refractivity contribution is 5.18. The van der Waals surface area contributed by atoms with Crippen LogP contribution in [0.5, 0.6) is 0 Å². The molecule has 1 heterocycles. The minimum atomic E-state index is -4.66. The van der Waals surface area contributed by atoms with E-state index < -0.39 is 22.7 Å². The molecule has 8 heteroatoms. The van der Waals surface area contributed by atoms with Gasteiger partial charge < -0.3 is 14.7 Å². The van der Waals surface area contributed by atoms with Crippen molar-refractivity contribution in [3.05, 3.63) is 22.1 Å². The molecule has 0 aliphatic rings. The lowest BCUT2D eigenvalue weighted by molar-refractivity contribution is -0.389. The van der Waals surface area contributed by atoms with Gasteiger partial charge in [-0.2, -0.15) is 13.2 Å². The lowest BCUT2D eigenvalue weighted by atomic mass is 10.6. The smallest absolute Gasteiger partial charge is 0.358 e. The average molecular weight is 195 g/mol.